The smallest absolute Gasteiger partial charge is 0.398 e. The first kappa shape index (κ1) is 13.7. The summed E-state index contributed by atoms with van der Waals surface area (Å²) in [6.07, 6.45) is 3.40. The standard InChI is InChI=1S/C13H16BN3O2S/c1-12(2)13(3,4)19-14(18-12)11-6-15-9(5-16-11)10-7-20-8-17-10/h5-8H,1-4H3. The quantitative estimate of drug-likeness (QED) is 0.790. The number of hydrogen-bond acceptors (Lipinski definition) is 6. The lowest BCUT2D eigenvalue weighted by molar-refractivity contribution is 0.00578. The molecule has 1 aliphatic heterocycles. The third-order valence-electron chi connectivity index (χ3n) is 3.86. The number of aromatic nitrogens is 3. The Kier molecular flexibility index (Phi) is 3.15. The zero-order chi connectivity index (χ0) is 14.4. The third-order valence-corrected chi connectivity index (χ3v) is 4.45. The molecule has 2 aromatic heterocycles. The Bertz CT molecular complexity index is 583. The summed E-state index contributed by atoms with van der Waals surface area (Å²) >= 11 is 1.54. The van der Waals surface area contributed by atoms with Crippen molar-refractivity contribution in [1.29, 1.82) is 0 Å². The molecule has 2 aromatic rings. The topological polar surface area (TPSA) is 57.1 Å². The monoisotopic (exact) mass is 289 g/mol. The molecule has 0 N–H and O–H groups in total. The number of thiazole rings is 1. The molecule has 20 heavy (non-hydrogen) atoms. The summed E-state index contributed by atoms with van der Waals surface area (Å²) < 4.78 is 11.9. The van der Waals surface area contributed by atoms with Gasteiger partial charge in [-0.05, 0) is 27.7 Å². The molecular formula is C13H16BN3O2S. The van der Waals surface area contributed by atoms with Gasteiger partial charge in [0.25, 0.3) is 0 Å². The zero-order valence-corrected chi connectivity index (χ0v) is 12.8. The molecule has 7 heteroatoms. The van der Waals surface area contributed by atoms with Crippen LogP contribution < -0.4 is 5.59 Å². The SMILES string of the molecule is CC1(C)OB(c2cnc(-c3cscn3)cn2)OC1(C)C. The molecule has 0 unspecified atom stereocenters. The third kappa shape index (κ3) is 2.26. The summed E-state index contributed by atoms with van der Waals surface area (Å²) in [4.78, 5) is 13.0. The second-order valence-electron chi connectivity index (χ2n) is 5.79. The van der Waals surface area contributed by atoms with Gasteiger partial charge in [-0.2, -0.15) is 0 Å². The molecule has 0 amide bonds. The molecule has 1 fully saturated rings. The van der Waals surface area contributed by atoms with Crippen LogP contribution in [-0.2, 0) is 9.31 Å². The van der Waals surface area contributed by atoms with E-state index >= 15 is 0 Å². The molecule has 0 aromatic carbocycles. The Morgan fingerprint density at radius 2 is 1.65 bits per heavy atom. The fourth-order valence-electron chi connectivity index (χ4n) is 1.89. The normalized spacial score (nSPS) is 20.3. The van der Waals surface area contributed by atoms with E-state index in [1.54, 1.807) is 17.9 Å². The first-order valence-corrected chi connectivity index (χ1v) is 7.39. The Balaban J connectivity index is 1.83. The molecule has 3 rings (SSSR count). The van der Waals surface area contributed by atoms with E-state index in [2.05, 4.69) is 15.0 Å². The van der Waals surface area contributed by atoms with Crippen LogP contribution in [0.3, 0.4) is 0 Å². The molecule has 1 aliphatic rings. The van der Waals surface area contributed by atoms with Crippen LogP contribution in [0.5, 0.6) is 0 Å². The second kappa shape index (κ2) is 4.61. The highest BCUT2D eigenvalue weighted by molar-refractivity contribution is 7.07. The van der Waals surface area contributed by atoms with E-state index in [0.29, 0.717) is 5.59 Å². The van der Waals surface area contributed by atoms with Crippen LogP contribution >= 0.6 is 11.3 Å². The molecule has 0 aliphatic carbocycles. The molecular weight excluding hydrogens is 273 g/mol. The summed E-state index contributed by atoms with van der Waals surface area (Å²) in [5.41, 5.74) is 3.32. The van der Waals surface area contributed by atoms with E-state index < -0.39 is 7.12 Å². The van der Waals surface area contributed by atoms with E-state index in [9.17, 15) is 0 Å². The predicted molar refractivity (Wildman–Crippen MR) is 78.9 cm³/mol. The van der Waals surface area contributed by atoms with Crippen molar-refractivity contribution in [2.45, 2.75) is 38.9 Å². The summed E-state index contributed by atoms with van der Waals surface area (Å²) in [7, 11) is -0.475. The predicted octanol–water partition coefficient (Wildman–Crippen LogP) is 1.90. The average Bonchev–Trinajstić information content (AvgIpc) is 2.97. The van der Waals surface area contributed by atoms with E-state index in [4.69, 9.17) is 9.31 Å². The Labute approximate surface area is 122 Å². The second-order valence-corrected chi connectivity index (χ2v) is 6.51. The Morgan fingerprint density at radius 1 is 0.950 bits per heavy atom. The van der Waals surface area contributed by atoms with Gasteiger partial charge < -0.3 is 9.31 Å². The number of nitrogens with zero attached hydrogens (tertiary/aromatic N) is 3. The maximum absolute atomic E-state index is 5.94. The van der Waals surface area contributed by atoms with Crippen LogP contribution in [0.15, 0.2) is 23.3 Å². The van der Waals surface area contributed by atoms with E-state index in [1.165, 1.54) is 11.3 Å². The minimum atomic E-state index is -0.475. The van der Waals surface area contributed by atoms with Gasteiger partial charge in [0.05, 0.1) is 28.5 Å². The molecule has 0 radical (unpaired) electrons. The molecule has 104 valence electrons. The van der Waals surface area contributed by atoms with E-state index in [-0.39, 0.29) is 11.2 Å². The van der Waals surface area contributed by atoms with Crippen LogP contribution in [0.1, 0.15) is 27.7 Å². The maximum Gasteiger partial charge on any atom is 0.516 e. The van der Waals surface area contributed by atoms with E-state index in [1.807, 2.05) is 33.1 Å². The van der Waals surface area contributed by atoms with Crippen molar-refractivity contribution < 1.29 is 9.31 Å². The number of rotatable bonds is 2. The fraction of sp³-hybridized carbons (Fsp3) is 0.462. The summed E-state index contributed by atoms with van der Waals surface area (Å²) in [5.74, 6) is 0. The van der Waals surface area contributed by atoms with Crippen molar-refractivity contribution in [3.8, 4) is 11.4 Å². The van der Waals surface area contributed by atoms with Crippen molar-refractivity contribution in [2.75, 3.05) is 0 Å². The lowest BCUT2D eigenvalue weighted by Gasteiger charge is -2.32. The fourth-order valence-corrected chi connectivity index (χ4v) is 2.44. The largest absolute Gasteiger partial charge is 0.516 e. The first-order valence-electron chi connectivity index (χ1n) is 6.45. The highest BCUT2D eigenvalue weighted by Crippen LogP contribution is 2.36. The van der Waals surface area contributed by atoms with E-state index in [0.717, 1.165) is 11.4 Å². The van der Waals surface area contributed by atoms with Gasteiger partial charge in [-0.15, -0.1) is 11.3 Å². The molecule has 1 saturated heterocycles. The summed E-state index contributed by atoms with van der Waals surface area (Å²) in [6.45, 7) is 8.07. The molecule has 0 bridgehead atoms. The minimum absolute atomic E-state index is 0.368. The van der Waals surface area contributed by atoms with Gasteiger partial charge in [0.2, 0.25) is 0 Å². The highest BCUT2D eigenvalue weighted by Gasteiger charge is 2.52. The molecule has 0 spiro atoms. The number of hydrogen-bond donors (Lipinski definition) is 0. The van der Waals surface area contributed by atoms with Crippen LogP contribution in [0.2, 0.25) is 0 Å². The van der Waals surface area contributed by atoms with Gasteiger partial charge in [-0.1, -0.05) is 0 Å². The highest BCUT2D eigenvalue weighted by atomic mass is 32.1. The van der Waals surface area contributed by atoms with Crippen LogP contribution in [-0.4, -0.2) is 33.3 Å². The molecule has 0 saturated carbocycles. The first-order chi connectivity index (χ1) is 9.39. The van der Waals surface area contributed by atoms with Crippen molar-refractivity contribution in [3.63, 3.8) is 0 Å². The minimum Gasteiger partial charge on any atom is -0.398 e. The van der Waals surface area contributed by atoms with Crippen LogP contribution in [0.25, 0.3) is 11.4 Å². The molecule has 0 atom stereocenters. The Hall–Kier alpha value is -1.31. The maximum atomic E-state index is 5.94. The van der Waals surface area contributed by atoms with Gasteiger partial charge in [0.1, 0.15) is 11.4 Å². The van der Waals surface area contributed by atoms with Gasteiger partial charge in [-0.25, -0.2) is 4.98 Å². The average molecular weight is 289 g/mol. The van der Waals surface area contributed by atoms with Gasteiger partial charge in [0.15, 0.2) is 0 Å². The van der Waals surface area contributed by atoms with Crippen molar-refractivity contribution in [1.82, 2.24) is 15.0 Å². The summed E-state index contributed by atoms with van der Waals surface area (Å²) in [5, 5.41) is 1.94. The van der Waals surface area contributed by atoms with Crippen molar-refractivity contribution in [2.24, 2.45) is 0 Å². The molecule has 5 nitrogen and oxygen atoms in total. The van der Waals surface area contributed by atoms with Gasteiger partial charge in [0, 0.05) is 11.6 Å². The van der Waals surface area contributed by atoms with Crippen LogP contribution in [0.4, 0.5) is 0 Å². The van der Waals surface area contributed by atoms with Crippen LogP contribution in [0, 0.1) is 0 Å². The van der Waals surface area contributed by atoms with Gasteiger partial charge >= 0.3 is 7.12 Å². The zero-order valence-electron chi connectivity index (χ0n) is 12.0. The summed E-state index contributed by atoms with van der Waals surface area (Å²) in [6, 6.07) is 0. The van der Waals surface area contributed by atoms with Gasteiger partial charge in [-0.3, -0.25) is 9.97 Å². The molecule has 3 heterocycles. The van der Waals surface area contributed by atoms with Crippen molar-refractivity contribution >= 4 is 24.0 Å². The lowest BCUT2D eigenvalue weighted by atomic mass is 9.85. The lowest BCUT2D eigenvalue weighted by Crippen LogP contribution is -2.41. The van der Waals surface area contributed by atoms with Crippen molar-refractivity contribution in [3.05, 3.63) is 23.3 Å². The Morgan fingerprint density at radius 3 is 2.15 bits per heavy atom.